The number of carbonyl (C=O) groups is 1. The summed E-state index contributed by atoms with van der Waals surface area (Å²) in [6, 6.07) is 16.9. The van der Waals surface area contributed by atoms with E-state index in [4.69, 9.17) is 32.6 Å². The summed E-state index contributed by atoms with van der Waals surface area (Å²) >= 11 is 0. The van der Waals surface area contributed by atoms with Gasteiger partial charge in [-0.25, -0.2) is 4.79 Å². The summed E-state index contributed by atoms with van der Waals surface area (Å²) in [6.07, 6.45) is 9.08. The molecular weight excluding hydrogens is 693 g/mol. The van der Waals surface area contributed by atoms with E-state index in [1.54, 1.807) is 0 Å². The van der Waals surface area contributed by atoms with Crippen LogP contribution in [0.2, 0.25) is 0 Å². The molecule has 10 heteroatoms. The Morgan fingerprint density at radius 2 is 0.792 bits per heavy atom. The third-order valence-corrected chi connectivity index (χ3v) is 11.7. The minimum Gasteiger partial charge on any atom is -0.493 e. The van der Waals surface area contributed by atoms with Gasteiger partial charge in [-0.3, -0.25) is 0 Å². The van der Waals surface area contributed by atoms with Crippen LogP contribution in [0.25, 0.3) is 0 Å². The second-order valence-electron chi connectivity index (χ2n) is 12.9. The maximum absolute atomic E-state index is 13.3. The van der Waals surface area contributed by atoms with Crippen molar-refractivity contribution in [1.29, 1.82) is 0 Å². The lowest BCUT2D eigenvalue weighted by molar-refractivity contribution is 0.149. The second kappa shape index (κ2) is 24.4. The Morgan fingerprint density at radius 3 is 1.08 bits per heavy atom. The van der Waals surface area contributed by atoms with Crippen molar-refractivity contribution in [2.45, 2.75) is 133 Å². The molecule has 3 aromatic rings. The monoisotopic (exact) mass is 756 g/mol. The number of hydrogen-bond donors (Lipinski definition) is 1. The molecule has 0 fully saturated rings. The third kappa shape index (κ3) is 12.9. The molecule has 3 rings (SSSR count). The second-order valence-corrected chi connectivity index (χ2v) is 15.5. The van der Waals surface area contributed by atoms with Crippen molar-refractivity contribution in [2.75, 3.05) is 39.6 Å². The summed E-state index contributed by atoms with van der Waals surface area (Å²) in [5, 5.41) is 10.8. The van der Waals surface area contributed by atoms with Crippen molar-refractivity contribution in [3.05, 3.63) is 54.6 Å². The summed E-state index contributed by atoms with van der Waals surface area (Å²) < 4.78 is 45.6. The quantitative estimate of drug-likeness (QED) is 0.0725. The molecule has 0 heterocycles. The number of rotatable bonds is 28. The minimum atomic E-state index is -3.30. The van der Waals surface area contributed by atoms with E-state index in [0.29, 0.717) is 88.8 Å². The lowest BCUT2D eigenvalue weighted by Crippen LogP contribution is -2.18. The zero-order valence-corrected chi connectivity index (χ0v) is 33.9. The lowest BCUT2D eigenvalue weighted by atomic mass is 10.2. The molecule has 0 aliphatic heterocycles. The average molecular weight is 757 g/mol. The minimum absolute atomic E-state index is 0.400. The molecule has 0 aromatic heterocycles. The van der Waals surface area contributed by atoms with Gasteiger partial charge in [0.2, 0.25) is 0 Å². The molecule has 0 saturated carbocycles. The van der Waals surface area contributed by atoms with Crippen molar-refractivity contribution in [1.82, 2.24) is 0 Å². The predicted molar refractivity (Wildman–Crippen MR) is 213 cm³/mol. The largest absolute Gasteiger partial charge is 0.517 e. The van der Waals surface area contributed by atoms with Gasteiger partial charge in [-0.2, -0.15) is 0 Å². The van der Waals surface area contributed by atoms with E-state index in [1.807, 2.05) is 54.6 Å². The molecule has 3 aromatic carbocycles. The van der Waals surface area contributed by atoms with Gasteiger partial charge >= 0.3 is 6.16 Å². The van der Waals surface area contributed by atoms with Crippen molar-refractivity contribution in [3.8, 4) is 34.5 Å². The van der Waals surface area contributed by atoms with E-state index in [1.165, 1.54) is 0 Å². The number of hydrogen-bond acceptors (Lipinski definition) is 8. The van der Waals surface area contributed by atoms with Gasteiger partial charge in [-0.1, -0.05) is 98.3 Å². The molecule has 0 aliphatic carbocycles. The fourth-order valence-corrected chi connectivity index (χ4v) is 8.73. The van der Waals surface area contributed by atoms with E-state index in [-0.39, 0.29) is 0 Å². The maximum Gasteiger partial charge on any atom is 0.517 e. The normalized spacial score (nSPS) is 11.5. The zero-order valence-electron chi connectivity index (χ0n) is 33.0. The molecule has 53 heavy (non-hydrogen) atoms. The van der Waals surface area contributed by atoms with Gasteiger partial charge in [0.1, 0.15) is 44.3 Å². The first-order valence-electron chi connectivity index (χ1n) is 19.8. The third-order valence-electron chi connectivity index (χ3n) is 8.39. The predicted octanol–water partition coefficient (Wildman–Crippen LogP) is 12.7. The number of carboxylic acid groups (broad SMARTS) is 1. The number of ether oxygens (including phenoxy) is 6. The van der Waals surface area contributed by atoms with Crippen LogP contribution in [0.15, 0.2) is 69.3 Å². The number of unbranched alkanes of at least 4 members (excludes halogenated alkanes) is 6. The SMILES string of the molecule is CCCCOc1cc(OCCCC)c(S(OC(=O)O)(c2ccccc2)c2c(OCCCC)cc(OCCCC)cc2OCCCC)c(OCCCC)c1. The van der Waals surface area contributed by atoms with Crippen LogP contribution in [0.5, 0.6) is 34.5 Å². The summed E-state index contributed by atoms with van der Waals surface area (Å²) in [4.78, 5) is 14.9. The lowest BCUT2D eigenvalue weighted by Gasteiger charge is -2.41. The average Bonchev–Trinajstić information content (AvgIpc) is 3.15. The molecule has 0 radical (unpaired) electrons. The van der Waals surface area contributed by atoms with Crippen LogP contribution in [0.3, 0.4) is 0 Å². The highest BCUT2D eigenvalue weighted by molar-refractivity contribution is 8.30. The molecule has 1 N–H and O–H groups in total. The Kier molecular flexibility index (Phi) is 20.0. The molecule has 296 valence electrons. The first kappa shape index (κ1) is 43.5. The summed E-state index contributed by atoms with van der Waals surface area (Å²) in [5.74, 6) is 2.89. The van der Waals surface area contributed by atoms with E-state index in [0.717, 1.165) is 77.0 Å². The van der Waals surface area contributed by atoms with Gasteiger partial charge in [-0.05, 0) is 50.7 Å². The molecule has 0 unspecified atom stereocenters. The fraction of sp³-hybridized carbons (Fsp3) is 0.558. The van der Waals surface area contributed by atoms with Crippen molar-refractivity contribution >= 4 is 16.5 Å². The molecule has 0 atom stereocenters. The molecule has 0 amide bonds. The van der Waals surface area contributed by atoms with Crippen LogP contribution in [0.1, 0.15) is 119 Å². The fourth-order valence-electron chi connectivity index (χ4n) is 5.43. The van der Waals surface area contributed by atoms with Crippen molar-refractivity contribution < 1.29 is 42.5 Å². The molecule has 0 aliphatic rings. The van der Waals surface area contributed by atoms with Crippen LogP contribution in [0.4, 0.5) is 4.79 Å². The Hall–Kier alpha value is -3.92. The molecule has 0 bridgehead atoms. The first-order valence-corrected chi connectivity index (χ1v) is 21.4. The molecule has 0 spiro atoms. The Balaban J connectivity index is 2.60. The van der Waals surface area contributed by atoms with Crippen LogP contribution >= 0.6 is 10.3 Å². The first-order chi connectivity index (χ1) is 25.9. The highest BCUT2D eigenvalue weighted by Crippen LogP contribution is 2.77. The Morgan fingerprint density at radius 1 is 0.491 bits per heavy atom. The van der Waals surface area contributed by atoms with Crippen LogP contribution in [-0.4, -0.2) is 50.9 Å². The smallest absolute Gasteiger partial charge is 0.493 e. The van der Waals surface area contributed by atoms with E-state index >= 15 is 0 Å². The van der Waals surface area contributed by atoms with E-state index < -0.39 is 16.5 Å². The van der Waals surface area contributed by atoms with Gasteiger partial charge in [0, 0.05) is 39.5 Å². The molecular formula is C43H64O9S. The summed E-state index contributed by atoms with van der Waals surface area (Å²) in [6.45, 7) is 15.3. The number of benzene rings is 3. The summed E-state index contributed by atoms with van der Waals surface area (Å²) in [5.41, 5.74) is 0. The van der Waals surface area contributed by atoms with Gasteiger partial charge in [0.15, 0.2) is 0 Å². The van der Waals surface area contributed by atoms with Crippen molar-refractivity contribution in [2.24, 2.45) is 0 Å². The highest BCUT2D eigenvalue weighted by Gasteiger charge is 2.46. The van der Waals surface area contributed by atoms with E-state index in [2.05, 4.69) is 41.5 Å². The van der Waals surface area contributed by atoms with Crippen LogP contribution < -0.4 is 28.4 Å². The summed E-state index contributed by atoms with van der Waals surface area (Å²) in [7, 11) is -3.30. The molecule has 0 saturated heterocycles. The van der Waals surface area contributed by atoms with Crippen LogP contribution in [-0.2, 0) is 4.18 Å². The zero-order chi connectivity index (χ0) is 38.3. The topological polar surface area (TPSA) is 102 Å². The van der Waals surface area contributed by atoms with E-state index in [9.17, 15) is 9.90 Å². The van der Waals surface area contributed by atoms with Gasteiger partial charge in [0.05, 0.1) is 39.6 Å². The van der Waals surface area contributed by atoms with Gasteiger partial charge in [-0.15, -0.1) is 0 Å². The Bertz CT molecular complexity index is 1340. The van der Waals surface area contributed by atoms with Gasteiger partial charge in [0.25, 0.3) is 0 Å². The Labute approximate surface area is 320 Å². The maximum atomic E-state index is 13.3. The van der Waals surface area contributed by atoms with Crippen molar-refractivity contribution in [3.63, 3.8) is 0 Å². The molecule has 9 nitrogen and oxygen atoms in total. The van der Waals surface area contributed by atoms with Crippen LogP contribution in [0, 0.1) is 0 Å². The standard InChI is InChI=1S/C43H64O9S/c1-7-13-24-46-34-30-37(48-26-15-9-3)41(38(31-34)49-27-16-10-4)53(52-43(44)45,36-22-20-19-21-23-36)42-39(50-28-17-11-5)32-35(47-25-14-8-2)33-40(42)51-29-18-12-6/h19-23,30-33H,7-18,24-29H2,1-6H3,(H,44,45). The van der Waals surface area contributed by atoms with Gasteiger partial charge < -0.3 is 37.7 Å². The highest BCUT2D eigenvalue weighted by atomic mass is 32.3.